The van der Waals surface area contributed by atoms with E-state index in [2.05, 4.69) is 22.0 Å². The Morgan fingerprint density at radius 1 is 1.29 bits per heavy atom. The maximum atomic E-state index is 11.5. The predicted molar refractivity (Wildman–Crippen MR) is 82.0 cm³/mol. The number of benzene rings is 1. The second kappa shape index (κ2) is 6.22. The summed E-state index contributed by atoms with van der Waals surface area (Å²) in [4.78, 5) is 17.9. The molecule has 1 N–H and O–H groups in total. The number of pyridine rings is 1. The normalized spacial score (nSPS) is 20.3. The highest BCUT2D eigenvalue weighted by Gasteiger charge is 2.26. The number of carboxylic acids is 1. The molecule has 2 heterocycles. The van der Waals surface area contributed by atoms with Crippen LogP contribution in [-0.4, -0.2) is 33.5 Å². The molecule has 110 valence electrons. The SMILES string of the molecule is O=C(O)C1CCCCCN1Cc1ccc2ncccc2c1. The number of aliphatic carboxylic acids is 1. The fourth-order valence-electron chi connectivity index (χ4n) is 3.09. The molecule has 3 rings (SSSR count). The number of likely N-dealkylation sites (tertiary alicyclic amines) is 1. The van der Waals surface area contributed by atoms with Crippen LogP contribution >= 0.6 is 0 Å². The third kappa shape index (κ3) is 3.22. The number of nitrogens with zero attached hydrogens (tertiary/aromatic N) is 2. The van der Waals surface area contributed by atoms with E-state index in [-0.39, 0.29) is 6.04 Å². The molecule has 1 unspecified atom stereocenters. The van der Waals surface area contributed by atoms with E-state index >= 15 is 0 Å². The number of carbonyl (C=O) groups is 1. The van der Waals surface area contributed by atoms with Gasteiger partial charge in [0, 0.05) is 18.1 Å². The Labute approximate surface area is 124 Å². The number of hydrogen-bond acceptors (Lipinski definition) is 3. The van der Waals surface area contributed by atoms with Crippen molar-refractivity contribution in [2.45, 2.75) is 38.3 Å². The van der Waals surface area contributed by atoms with Crippen molar-refractivity contribution in [3.8, 4) is 0 Å². The van der Waals surface area contributed by atoms with Crippen LogP contribution in [0.1, 0.15) is 31.2 Å². The van der Waals surface area contributed by atoms with Gasteiger partial charge in [-0.25, -0.2) is 0 Å². The first kappa shape index (κ1) is 14.0. The zero-order valence-corrected chi connectivity index (χ0v) is 12.0. The van der Waals surface area contributed by atoms with Gasteiger partial charge < -0.3 is 5.11 Å². The molecular formula is C17H20N2O2. The van der Waals surface area contributed by atoms with Crippen LogP contribution in [0.15, 0.2) is 36.5 Å². The molecule has 21 heavy (non-hydrogen) atoms. The molecule has 0 amide bonds. The van der Waals surface area contributed by atoms with E-state index in [0.29, 0.717) is 6.54 Å². The summed E-state index contributed by atoms with van der Waals surface area (Å²) in [6.45, 7) is 1.56. The molecule has 1 fully saturated rings. The summed E-state index contributed by atoms with van der Waals surface area (Å²) in [7, 11) is 0. The van der Waals surface area contributed by atoms with Gasteiger partial charge in [0.15, 0.2) is 0 Å². The second-order valence-electron chi connectivity index (χ2n) is 5.70. The highest BCUT2D eigenvalue weighted by atomic mass is 16.4. The van der Waals surface area contributed by atoms with Crippen molar-refractivity contribution in [3.63, 3.8) is 0 Å². The maximum absolute atomic E-state index is 11.5. The monoisotopic (exact) mass is 284 g/mol. The summed E-state index contributed by atoms with van der Waals surface area (Å²) in [5.41, 5.74) is 2.13. The minimum absolute atomic E-state index is 0.350. The molecular weight excluding hydrogens is 264 g/mol. The van der Waals surface area contributed by atoms with E-state index in [4.69, 9.17) is 0 Å². The average Bonchev–Trinajstić information content (AvgIpc) is 2.72. The summed E-state index contributed by atoms with van der Waals surface area (Å²) in [6.07, 6.45) is 5.76. The van der Waals surface area contributed by atoms with Crippen molar-refractivity contribution in [1.82, 2.24) is 9.88 Å². The first-order valence-electron chi connectivity index (χ1n) is 7.54. The van der Waals surface area contributed by atoms with Gasteiger partial charge in [0.1, 0.15) is 6.04 Å². The molecule has 0 bridgehead atoms. The Bertz CT molecular complexity index is 641. The van der Waals surface area contributed by atoms with Crippen LogP contribution in [-0.2, 0) is 11.3 Å². The van der Waals surface area contributed by atoms with Gasteiger partial charge in [0.2, 0.25) is 0 Å². The van der Waals surface area contributed by atoms with E-state index in [1.807, 2.05) is 18.2 Å². The topological polar surface area (TPSA) is 53.4 Å². The van der Waals surface area contributed by atoms with Gasteiger partial charge in [0.25, 0.3) is 0 Å². The van der Waals surface area contributed by atoms with Crippen molar-refractivity contribution in [1.29, 1.82) is 0 Å². The molecule has 0 radical (unpaired) electrons. The third-order valence-corrected chi connectivity index (χ3v) is 4.20. The Kier molecular flexibility index (Phi) is 4.15. The Balaban J connectivity index is 1.83. The number of aromatic nitrogens is 1. The summed E-state index contributed by atoms with van der Waals surface area (Å²) in [6, 6.07) is 9.81. The molecule has 4 nitrogen and oxygen atoms in total. The van der Waals surface area contributed by atoms with Gasteiger partial charge >= 0.3 is 5.97 Å². The molecule has 4 heteroatoms. The summed E-state index contributed by atoms with van der Waals surface area (Å²) in [5, 5.41) is 10.5. The van der Waals surface area contributed by atoms with Crippen LogP contribution in [0.2, 0.25) is 0 Å². The van der Waals surface area contributed by atoms with Gasteiger partial charge in [0.05, 0.1) is 5.52 Å². The first-order chi connectivity index (χ1) is 10.2. The summed E-state index contributed by atoms with van der Waals surface area (Å²) < 4.78 is 0. The molecule has 0 aliphatic carbocycles. The Hall–Kier alpha value is -1.94. The lowest BCUT2D eigenvalue weighted by atomic mass is 10.1. The van der Waals surface area contributed by atoms with Crippen LogP contribution in [0.25, 0.3) is 10.9 Å². The Morgan fingerprint density at radius 2 is 2.19 bits per heavy atom. The molecule has 1 aromatic heterocycles. The van der Waals surface area contributed by atoms with Crippen LogP contribution < -0.4 is 0 Å². The zero-order chi connectivity index (χ0) is 14.7. The lowest BCUT2D eigenvalue weighted by Crippen LogP contribution is -2.40. The van der Waals surface area contributed by atoms with Crippen molar-refractivity contribution >= 4 is 16.9 Å². The third-order valence-electron chi connectivity index (χ3n) is 4.20. The largest absolute Gasteiger partial charge is 0.480 e. The standard InChI is InChI=1S/C17H20N2O2/c20-17(21)16-6-2-1-3-10-19(16)12-13-7-8-15-14(11-13)5-4-9-18-15/h4-5,7-9,11,16H,1-3,6,10,12H2,(H,20,21). The van der Waals surface area contributed by atoms with Gasteiger partial charge in [-0.15, -0.1) is 0 Å². The first-order valence-corrected chi connectivity index (χ1v) is 7.54. The predicted octanol–water partition coefficient (Wildman–Crippen LogP) is 3.06. The van der Waals surface area contributed by atoms with E-state index in [0.717, 1.165) is 48.7 Å². The molecule has 0 spiro atoms. The van der Waals surface area contributed by atoms with E-state index < -0.39 is 5.97 Å². The van der Waals surface area contributed by atoms with Crippen LogP contribution in [0, 0.1) is 0 Å². The van der Waals surface area contributed by atoms with Crippen LogP contribution in [0.3, 0.4) is 0 Å². The maximum Gasteiger partial charge on any atom is 0.320 e. The minimum atomic E-state index is -0.695. The van der Waals surface area contributed by atoms with Gasteiger partial charge in [-0.1, -0.05) is 25.0 Å². The van der Waals surface area contributed by atoms with Crippen molar-refractivity contribution in [2.75, 3.05) is 6.54 Å². The summed E-state index contributed by atoms with van der Waals surface area (Å²) >= 11 is 0. The quantitative estimate of drug-likeness (QED) is 0.941. The summed E-state index contributed by atoms with van der Waals surface area (Å²) in [5.74, 6) is -0.695. The van der Waals surface area contributed by atoms with Crippen LogP contribution in [0.4, 0.5) is 0 Å². The molecule has 0 saturated carbocycles. The van der Waals surface area contributed by atoms with Gasteiger partial charge in [-0.05, 0) is 43.1 Å². The van der Waals surface area contributed by atoms with E-state index in [1.54, 1.807) is 6.20 Å². The lowest BCUT2D eigenvalue weighted by molar-refractivity contribution is -0.143. The molecule has 1 aromatic carbocycles. The Morgan fingerprint density at radius 3 is 3.05 bits per heavy atom. The fraction of sp³-hybridized carbons (Fsp3) is 0.412. The molecule has 2 aromatic rings. The van der Waals surface area contributed by atoms with Crippen LogP contribution in [0.5, 0.6) is 0 Å². The van der Waals surface area contributed by atoms with Crippen molar-refractivity contribution < 1.29 is 9.90 Å². The minimum Gasteiger partial charge on any atom is -0.480 e. The second-order valence-corrected chi connectivity index (χ2v) is 5.70. The number of hydrogen-bond donors (Lipinski definition) is 1. The molecule has 1 saturated heterocycles. The van der Waals surface area contributed by atoms with Crippen molar-refractivity contribution in [2.24, 2.45) is 0 Å². The average molecular weight is 284 g/mol. The number of fused-ring (bicyclic) bond motifs is 1. The van der Waals surface area contributed by atoms with Crippen molar-refractivity contribution in [3.05, 3.63) is 42.1 Å². The highest BCUT2D eigenvalue weighted by molar-refractivity contribution is 5.79. The lowest BCUT2D eigenvalue weighted by Gasteiger charge is -2.26. The smallest absolute Gasteiger partial charge is 0.320 e. The van der Waals surface area contributed by atoms with Gasteiger partial charge in [-0.3, -0.25) is 14.7 Å². The molecule has 1 aliphatic rings. The highest BCUT2D eigenvalue weighted by Crippen LogP contribution is 2.21. The molecule has 1 atom stereocenters. The number of rotatable bonds is 3. The van der Waals surface area contributed by atoms with E-state index in [9.17, 15) is 9.90 Å². The van der Waals surface area contributed by atoms with Gasteiger partial charge in [-0.2, -0.15) is 0 Å². The fourth-order valence-corrected chi connectivity index (χ4v) is 3.09. The van der Waals surface area contributed by atoms with E-state index in [1.165, 1.54) is 0 Å². The molecule has 1 aliphatic heterocycles. The zero-order valence-electron chi connectivity index (χ0n) is 12.0. The number of carboxylic acid groups (broad SMARTS) is 1.